The van der Waals surface area contributed by atoms with Crippen LogP contribution in [-0.4, -0.2) is 34.2 Å². The van der Waals surface area contributed by atoms with Crippen LogP contribution in [0.4, 0.5) is 11.5 Å². The van der Waals surface area contributed by atoms with Gasteiger partial charge in [-0.05, 0) is 72.7 Å². The van der Waals surface area contributed by atoms with Gasteiger partial charge in [-0.3, -0.25) is 14.4 Å². The molecule has 1 unspecified atom stereocenters. The van der Waals surface area contributed by atoms with E-state index in [2.05, 4.69) is 15.6 Å². The van der Waals surface area contributed by atoms with Crippen LogP contribution in [0.15, 0.2) is 54.7 Å². The molecule has 2 N–H and O–H groups in total. The van der Waals surface area contributed by atoms with E-state index in [1.54, 1.807) is 23.2 Å². The van der Waals surface area contributed by atoms with Gasteiger partial charge < -0.3 is 15.5 Å². The minimum atomic E-state index is -0.673. The molecule has 1 saturated heterocycles. The summed E-state index contributed by atoms with van der Waals surface area (Å²) < 4.78 is 0. The molecule has 0 saturated carbocycles. The molecule has 3 aromatic rings. The van der Waals surface area contributed by atoms with Crippen LogP contribution in [0, 0.1) is 5.41 Å². The van der Waals surface area contributed by atoms with Crippen LogP contribution >= 0.6 is 23.2 Å². The number of carbonyl (C=O) groups excluding carboxylic acids is 3. The summed E-state index contributed by atoms with van der Waals surface area (Å²) in [4.78, 5) is 45.7. The summed E-state index contributed by atoms with van der Waals surface area (Å²) in [6.45, 7) is 3.73. The summed E-state index contributed by atoms with van der Waals surface area (Å²) in [5.41, 5.74) is 3.26. The molecule has 0 radical (unpaired) electrons. The SMILES string of the molecule is CC1(C)CC[C@@H](c2ccc(Cl)c(Cl)c2)N(CC(=O)Nc2ccc3c(c2)CC2(C3)C(=O)Nc3ncccc32)C1=O. The van der Waals surface area contributed by atoms with Crippen LogP contribution in [0.3, 0.4) is 0 Å². The molecule has 7 nitrogen and oxygen atoms in total. The largest absolute Gasteiger partial charge is 0.326 e. The van der Waals surface area contributed by atoms with Crippen molar-refractivity contribution in [3.8, 4) is 0 Å². The van der Waals surface area contributed by atoms with E-state index >= 15 is 0 Å². The lowest BCUT2D eigenvalue weighted by Gasteiger charge is -2.43. The highest BCUT2D eigenvalue weighted by Crippen LogP contribution is 2.47. The number of carbonyl (C=O) groups is 3. The summed E-state index contributed by atoms with van der Waals surface area (Å²) in [6.07, 6.45) is 4.21. The Balaban J connectivity index is 1.21. The average molecular weight is 563 g/mol. The molecule has 3 amide bonds. The lowest BCUT2D eigenvalue weighted by atomic mass is 9.78. The second-order valence-corrected chi connectivity index (χ2v) is 12.2. The molecule has 1 aromatic heterocycles. The highest BCUT2D eigenvalue weighted by molar-refractivity contribution is 6.42. The fourth-order valence-electron chi connectivity index (χ4n) is 6.24. The summed E-state index contributed by atoms with van der Waals surface area (Å²) in [5.74, 6) is 0.217. The fraction of sp³-hybridized carbons (Fsp3) is 0.333. The lowest BCUT2D eigenvalue weighted by molar-refractivity contribution is -0.150. The summed E-state index contributed by atoms with van der Waals surface area (Å²) in [7, 11) is 0. The van der Waals surface area contributed by atoms with Crippen molar-refractivity contribution in [3.63, 3.8) is 0 Å². The first kappa shape index (κ1) is 25.8. The van der Waals surface area contributed by atoms with Gasteiger partial charge >= 0.3 is 0 Å². The van der Waals surface area contributed by atoms with Crippen molar-refractivity contribution in [3.05, 3.63) is 87.0 Å². The predicted molar refractivity (Wildman–Crippen MR) is 151 cm³/mol. The predicted octanol–water partition coefficient (Wildman–Crippen LogP) is 5.71. The molecule has 3 aliphatic rings. The van der Waals surface area contributed by atoms with Gasteiger partial charge in [-0.2, -0.15) is 0 Å². The second-order valence-electron chi connectivity index (χ2n) is 11.4. The Morgan fingerprint density at radius 3 is 2.67 bits per heavy atom. The van der Waals surface area contributed by atoms with Crippen LogP contribution in [0.1, 0.15) is 55.0 Å². The molecule has 200 valence electrons. The Labute approximate surface area is 236 Å². The zero-order valence-electron chi connectivity index (χ0n) is 21.7. The van der Waals surface area contributed by atoms with E-state index in [9.17, 15) is 14.4 Å². The number of aromatic nitrogens is 1. The molecule has 1 aliphatic carbocycles. The van der Waals surface area contributed by atoms with Gasteiger partial charge in [0, 0.05) is 22.9 Å². The first-order valence-corrected chi connectivity index (χ1v) is 13.8. The number of nitrogens with zero attached hydrogens (tertiary/aromatic N) is 2. The van der Waals surface area contributed by atoms with E-state index in [4.69, 9.17) is 23.2 Å². The van der Waals surface area contributed by atoms with Crippen LogP contribution in [0.2, 0.25) is 10.0 Å². The van der Waals surface area contributed by atoms with Gasteiger partial charge in [-0.1, -0.05) is 55.2 Å². The molecule has 3 heterocycles. The quantitative estimate of drug-likeness (QED) is 0.426. The van der Waals surface area contributed by atoms with E-state index < -0.39 is 10.8 Å². The number of likely N-dealkylation sites (tertiary alicyclic amines) is 1. The molecule has 1 spiro atoms. The van der Waals surface area contributed by atoms with Gasteiger partial charge in [0.25, 0.3) is 0 Å². The highest BCUT2D eigenvalue weighted by Gasteiger charge is 2.51. The Kier molecular flexibility index (Phi) is 6.19. The van der Waals surface area contributed by atoms with Gasteiger partial charge in [0.15, 0.2) is 0 Å². The zero-order chi connectivity index (χ0) is 27.5. The molecule has 1 fully saturated rings. The molecule has 39 heavy (non-hydrogen) atoms. The molecule has 0 bridgehead atoms. The third-order valence-corrected chi connectivity index (χ3v) is 9.10. The number of fused-ring (bicyclic) bond motifs is 3. The summed E-state index contributed by atoms with van der Waals surface area (Å²) >= 11 is 12.4. The van der Waals surface area contributed by atoms with Gasteiger partial charge in [-0.25, -0.2) is 4.98 Å². The van der Waals surface area contributed by atoms with E-state index in [0.29, 0.717) is 47.2 Å². The van der Waals surface area contributed by atoms with E-state index in [-0.39, 0.29) is 30.3 Å². The van der Waals surface area contributed by atoms with Crippen molar-refractivity contribution >= 4 is 52.4 Å². The van der Waals surface area contributed by atoms with Crippen LogP contribution in [-0.2, 0) is 32.6 Å². The molecule has 9 heteroatoms. The number of hydrogen-bond donors (Lipinski definition) is 2. The van der Waals surface area contributed by atoms with Crippen LogP contribution in [0.25, 0.3) is 0 Å². The summed E-state index contributed by atoms with van der Waals surface area (Å²) in [5, 5.41) is 6.76. The molecular formula is C30H28Cl2N4O3. The van der Waals surface area contributed by atoms with Crippen molar-refractivity contribution in [2.75, 3.05) is 17.2 Å². The topological polar surface area (TPSA) is 91.4 Å². The Hall–Kier alpha value is -3.42. The minimum absolute atomic E-state index is 0.0439. The zero-order valence-corrected chi connectivity index (χ0v) is 23.2. The molecule has 2 atom stereocenters. The lowest BCUT2D eigenvalue weighted by Crippen LogP contribution is -2.50. The van der Waals surface area contributed by atoms with Gasteiger partial charge in [0.05, 0.1) is 21.5 Å². The number of pyridine rings is 1. The van der Waals surface area contributed by atoms with Gasteiger partial charge in [0.1, 0.15) is 12.4 Å². The van der Waals surface area contributed by atoms with Crippen molar-refractivity contribution < 1.29 is 14.4 Å². The van der Waals surface area contributed by atoms with Crippen molar-refractivity contribution in [2.24, 2.45) is 5.41 Å². The third kappa shape index (κ3) is 4.38. The maximum Gasteiger partial charge on any atom is 0.244 e. The van der Waals surface area contributed by atoms with Crippen LogP contribution in [0.5, 0.6) is 0 Å². The number of nitrogens with one attached hydrogen (secondary N) is 2. The number of piperidine rings is 1. The molecular weight excluding hydrogens is 535 g/mol. The second kappa shape index (κ2) is 9.35. The molecule has 2 aliphatic heterocycles. The number of rotatable bonds is 4. The fourth-order valence-corrected chi connectivity index (χ4v) is 6.55. The number of amides is 3. The first-order valence-electron chi connectivity index (χ1n) is 13.0. The maximum atomic E-state index is 13.4. The minimum Gasteiger partial charge on any atom is -0.326 e. The van der Waals surface area contributed by atoms with Crippen LogP contribution < -0.4 is 10.6 Å². The van der Waals surface area contributed by atoms with Gasteiger partial charge in [0.2, 0.25) is 17.7 Å². The monoisotopic (exact) mass is 562 g/mol. The van der Waals surface area contributed by atoms with E-state index in [1.807, 2.05) is 50.2 Å². The maximum absolute atomic E-state index is 13.4. The number of halogens is 2. The Morgan fingerprint density at radius 1 is 1.08 bits per heavy atom. The van der Waals surface area contributed by atoms with Gasteiger partial charge in [-0.15, -0.1) is 0 Å². The van der Waals surface area contributed by atoms with E-state index in [0.717, 1.165) is 22.3 Å². The molecule has 6 rings (SSSR count). The smallest absolute Gasteiger partial charge is 0.244 e. The first-order chi connectivity index (χ1) is 18.6. The van der Waals surface area contributed by atoms with Crippen molar-refractivity contribution in [1.82, 2.24) is 9.88 Å². The standard InChI is InChI=1S/C30H28Cl2N4O3/c1-29(2)10-9-24(17-6-8-22(31)23(32)13-17)36(28(29)39)16-25(37)34-20-7-5-18-14-30(15-19(18)12-20)21-4-3-11-33-26(21)35-27(30)38/h3-8,11-13,24H,9-10,14-16H2,1-2H3,(H,34,37)(H,33,35,38)/t24-,30?/m0/s1. The number of hydrogen-bond acceptors (Lipinski definition) is 4. The van der Waals surface area contributed by atoms with Crippen molar-refractivity contribution in [2.45, 2.75) is 51.0 Å². The van der Waals surface area contributed by atoms with E-state index in [1.165, 1.54) is 0 Å². The molecule has 2 aromatic carbocycles. The summed E-state index contributed by atoms with van der Waals surface area (Å²) in [6, 6.07) is 14.6. The number of anilines is 2. The normalized spacial score (nSPS) is 23.0. The highest BCUT2D eigenvalue weighted by atomic mass is 35.5. The average Bonchev–Trinajstić information content (AvgIpc) is 3.41. The van der Waals surface area contributed by atoms with Crippen molar-refractivity contribution in [1.29, 1.82) is 0 Å². The Morgan fingerprint density at radius 2 is 1.87 bits per heavy atom. The Bertz CT molecular complexity index is 1540. The third-order valence-electron chi connectivity index (χ3n) is 8.37. The number of benzene rings is 2.